The molecule has 0 spiro atoms. The van der Waals surface area contributed by atoms with Crippen LogP contribution in [0, 0.1) is 0 Å². The van der Waals surface area contributed by atoms with Crippen LogP contribution < -0.4 is 0 Å². The van der Waals surface area contributed by atoms with Crippen molar-refractivity contribution in [3.05, 3.63) is 65.4 Å². The van der Waals surface area contributed by atoms with Gasteiger partial charge < -0.3 is 0 Å². The molecule has 0 N–H and O–H groups in total. The summed E-state index contributed by atoms with van der Waals surface area (Å²) < 4.78 is 0. The topological polar surface area (TPSA) is 30.0 Å². The van der Waals surface area contributed by atoms with E-state index in [1.165, 1.54) is 0 Å². The molecule has 19 heavy (non-hydrogen) atoms. The van der Waals surface area contributed by atoms with Crippen molar-refractivity contribution < 1.29 is 4.79 Å². The summed E-state index contributed by atoms with van der Waals surface area (Å²) in [6.45, 7) is 0. The van der Waals surface area contributed by atoms with E-state index in [9.17, 15) is 4.79 Å². The Labute approximate surface area is 115 Å². The maximum Gasteiger partial charge on any atom is 0.150 e. The highest BCUT2D eigenvalue weighted by Crippen LogP contribution is 2.31. The zero-order valence-corrected chi connectivity index (χ0v) is 10.8. The first kappa shape index (κ1) is 11.9. The maximum atomic E-state index is 11.2. The van der Waals surface area contributed by atoms with Crippen molar-refractivity contribution in [2.24, 2.45) is 0 Å². The second kappa shape index (κ2) is 4.82. The molecule has 3 aromatic rings. The fraction of sp³-hybridized carbons (Fsp3) is 0. The van der Waals surface area contributed by atoms with Crippen molar-refractivity contribution in [3.63, 3.8) is 0 Å². The number of carbonyl (C=O) groups is 1. The molecule has 1 heterocycles. The Morgan fingerprint density at radius 3 is 2.79 bits per heavy atom. The second-order valence-electron chi connectivity index (χ2n) is 4.25. The molecule has 0 fully saturated rings. The molecule has 2 nitrogen and oxygen atoms in total. The van der Waals surface area contributed by atoms with Crippen molar-refractivity contribution in [1.82, 2.24) is 4.98 Å². The zero-order chi connectivity index (χ0) is 13.2. The number of aromatic nitrogens is 1. The van der Waals surface area contributed by atoms with E-state index in [1.54, 1.807) is 18.3 Å². The fourth-order valence-corrected chi connectivity index (χ4v) is 2.41. The van der Waals surface area contributed by atoms with E-state index in [0.717, 1.165) is 28.2 Å². The van der Waals surface area contributed by atoms with Crippen LogP contribution >= 0.6 is 11.6 Å². The average molecular weight is 268 g/mol. The number of halogens is 1. The molecule has 0 saturated heterocycles. The number of benzene rings is 2. The van der Waals surface area contributed by atoms with E-state index in [1.807, 2.05) is 36.5 Å². The molecular weight excluding hydrogens is 258 g/mol. The Morgan fingerprint density at radius 2 is 1.95 bits per heavy atom. The van der Waals surface area contributed by atoms with Crippen molar-refractivity contribution in [3.8, 4) is 11.1 Å². The quantitative estimate of drug-likeness (QED) is 0.646. The van der Waals surface area contributed by atoms with Crippen LogP contribution in [0.5, 0.6) is 0 Å². The van der Waals surface area contributed by atoms with E-state index < -0.39 is 0 Å². The van der Waals surface area contributed by atoms with Crippen molar-refractivity contribution >= 4 is 28.7 Å². The summed E-state index contributed by atoms with van der Waals surface area (Å²) in [6.07, 6.45) is 4.40. The maximum absolute atomic E-state index is 11.2. The largest absolute Gasteiger partial charge is 0.298 e. The summed E-state index contributed by atoms with van der Waals surface area (Å²) in [5, 5.41) is 2.68. The SMILES string of the molecule is O=Cc1cc(Cl)ccc1-c1cccc2ccncc12. The Balaban J connectivity index is 2.33. The minimum absolute atomic E-state index is 0.559. The molecule has 0 saturated carbocycles. The molecule has 0 atom stereocenters. The fourth-order valence-electron chi connectivity index (χ4n) is 2.22. The molecule has 0 unspecified atom stereocenters. The minimum Gasteiger partial charge on any atom is -0.298 e. The molecule has 0 aliphatic carbocycles. The van der Waals surface area contributed by atoms with Crippen LogP contribution in [0.15, 0.2) is 54.9 Å². The van der Waals surface area contributed by atoms with Gasteiger partial charge in [0.15, 0.2) is 6.29 Å². The van der Waals surface area contributed by atoms with E-state index in [2.05, 4.69) is 4.98 Å². The highest BCUT2D eigenvalue weighted by molar-refractivity contribution is 6.31. The van der Waals surface area contributed by atoms with Gasteiger partial charge in [0, 0.05) is 28.4 Å². The Bertz CT molecular complexity index is 762. The molecule has 3 heteroatoms. The summed E-state index contributed by atoms with van der Waals surface area (Å²) >= 11 is 5.93. The van der Waals surface area contributed by atoms with Crippen LogP contribution in [0.2, 0.25) is 5.02 Å². The van der Waals surface area contributed by atoms with Crippen molar-refractivity contribution in [1.29, 1.82) is 0 Å². The molecule has 1 aromatic heterocycles. The minimum atomic E-state index is 0.559. The van der Waals surface area contributed by atoms with E-state index in [4.69, 9.17) is 11.6 Å². The van der Waals surface area contributed by atoms with Crippen LogP contribution in [0.25, 0.3) is 21.9 Å². The number of pyridine rings is 1. The molecule has 2 aromatic carbocycles. The first-order chi connectivity index (χ1) is 9.29. The lowest BCUT2D eigenvalue weighted by Crippen LogP contribution is -1.89. The van der Waals surface area contributed by atoms with Gasteiger partial charge in [-0.1, -0.05) is 35.9 Å². The summed E-state index contributed by atoms with van der Waals surface area (Å²) in [5.41, 5.74) is 2.45. The standard InChI is InChI=1S/C16H10ClNO/c17-13-4-5-14(12(8-13)10-19)15-3-1-2-11-6-7-18-9-16(11)15/h1-10H. The second-order valence-corrected chi connectivity index (χ2v) is 4.69. The molecule has 0 aliphatic heterocycles. The van der Waals surface area contributed by atoms with Gasteiger partial charge in [-0.3, -0.25) is 9.78 Å². The molecule has 92 valence electrons. The molecule has 0 aliphatic rings. The van der Waals surface area contributed by atoms with Crippen LogP contribution in [0.3, 0.4) is 0 Å². The van der Waals surface area contributed by atoms with E-state index in [-0.39, 0.29) is 0 Å². The molecule has 0 amide bonds. The van der Waals surface area contributed by atoms with Gasteiger partial charge in [-0.15, -0.1) is 0 Å². The van der Waals surface area contributed by atoms with Gasteiger partial charge in [0.2, 0.25) is 0 Å². The molecular formula is C16H10ClNO. The van der Waals surface area contributed by atoms with Gasteiger partial charge >= 0.3 is 0 Å². The predicted molar refractivity (Wildman–Crippen MR) is 77.6 cm³/mol. The summed E-state index contributed by atoms with van der Waals surface area (Å²) in [6, 6.07) is 13.3. The van der Waals surface area contributed by atoms with Crippen LogP contribution in [0.1, 0.15) is 10.4 Å². The highest BCUT2D eigenvalue weighted by atomic mass is 35.5. The molecule has 3 rings (SSSR count). The lowest BCUT2D eigenvalue weighted by molar-refractivity contribution is 0.112. The highest BCUT2D eigenvalue weighted by Gasteiger charge is 2.08. The lowest BCUT2D eigenvalue weighted by atomic mass is 9.96. The monoisotopic (exact) mass is 267 g/mol. The number of aldehydes is 1. The number of hydrogen-bond donors (Lipinski definition) is 0. The van der Waals surface area contributed by atoms with Crippen molar-refractivity contribution in [2.75, 3.05) is 0 Å². The van der Waals surface area contributed by atoms with Crippen molar-refractivity contribution in [2.45, 2.75) is 0 Å². The van der Waals surface area contributed by atoms with E-state index in [0.29, 0.717) is 10.6 Å². The molecule has 0 radical (unpaired) electrons. The Hall–Kier alpha value is -2.19. The molecule has 0 bridgehead atoms. The normalized spacial score (nSPS) is 10.6. The Morgan fingerprint density at radius 1 is 1.05 bits per heavy atom. The van der Waals surface area contributed by atoms with Crippen LogP contribution in [0.4, 0.5) is 0 Å². The zero-order valence-electron chi connectivity index (χ0n) is 10.0. The van der Waals surface area contributed by atoms with E-state index >= 15 is 0 Å². The summed E-state index contributed by atoms with van der Waals surface area (Å²) in [4.78, 5) is 15.4. The van der Waals surface area contributed by atoms with Gasteiger partial charge in [-0.25, -0.2) is 0 Å². The van der Waals surface area contributed by atoms with Gasteiger partial charge in [-0.2, -0.15) is 0 Å². The third-order valence-electron chi connectivity index (χ3n) is 3.11. The van der Waals surface area contributed by atoms with Gasteiger partial charge in [0.05, 0.1) is 0 Å². The summed E-state index contributed by atoms with van der Waals surface area (Å²) in [5.74, 6) is 0. The van der Waals surface area contributed by atoms with Crippen LogP contribution in [-0.2, 0) is 0 Å². The Kier molecular flexibility index (Phi) is 3.02. The predicted octanol–water partition coefficient (Wildman–Crippen LogP) is 4.37. The van der Waals surface area contributed by atoms with Gasteiger partial charge in [0.25, 0.3) is 0 Å². The average Bonchev–Trinajstić information content (AvgIpc) is 2.46. The third kappa shape index (κ3) is 2.11. The smallest absolute Gasteiger partial charge is 0.150 e. The first-order valence-electron chi connectivity index (χ1n) is 5.87. The number of hydrogen-bond acceptors (Lipinski definition) is 2. The number of fused-ring (bicyclic) bond motifs is 1. The summed E-state index contributed by atoms with van der Waals surface area (Å²) in [7, 11) is 0. The van der Waals surface area contributed by atoms with Gasteiger partial charge in [-0.05, 0) is 34.7 Å². The number of carbonyl (C=O) groups excluding carboxylic acids is 1. The first-order valence-corrected chi connectivity index (χ1v) is 6.25. The van der Waals surface area contributed by atoms with Crippen LogP contribution in [-0.4, -0.2) is 11.3 Å². The van der Waals surface area contributed by atoms with Gasteiger partial charge in [0.1, 0.15) is 0 Å². The number of nitrogens with zero attached hydrogens (tertiary/aromatic N) is 1. The third-order valence-corrected chi connectivity index (χ3v) is 3.35. The lowest BCUT2D eigenvalue weighted by Gasteiger charge is -2.09. The number of rotatable bonds is 2.